The van der Waals surface area contributed by atoms with Crippen molar-refractivity contribution in [3.8, 4) is 10.4 Å². The molecular formula is C24H22N4O5S2. The summed E-state index contributed by atoms with van der Waals surface area (Å²) in [5, 5.41) is 3.16. The highest BCUT2D eigenvalue weighted by Crippen LogP contribution is 2.30. The van der Waals surface area contributed by atoms with Gasteiger partial charge in [-0.2, -0.15) is 4.31 Å². The Balaban J connectivity index is 1.29. The van der Waals surface area contributed by atoms with E-state index in [1.165, 1.54) is 50.8 Å². The van der Waals surface area contributed by atoms with Gasteiger partial charge in [-0.15, -0.1) is 11.3 Å². The van der Waals surface area contributed by atoms with Crippen LogP contribution in [0.5, 0.6) is 0 Å². The lowest BCUT2D eigenvalue weighted by molar-refractivity contribution is -0.116. The van der Waals surface area contributed by atoms with Crippen molar-refractivity contribution in [2.45, 2.75) is 11.4 Å². The van der Waals surface area contributed by atoms with Crippen molar-refractivity contribution in [3.05, 3.63) is 77.3 Å². The van der Waals surface area contributed by atoms with E-state index in [-0.39, 0.29) is 17.0 Å². The van der Waals surface area contributed by atoms with E-state index in [0.717, 1.165) is 10.4 Å². The largest absolute Gasteiger partial charge is 0.379 e. The number of morpholine rings is 1. The number of nitrogens with zero attached hydrogens (tertiary/aromatic N) is 3. The van der Waals surface area contributed by atoms with E-state index in [9.17, 15) is 18.0 Å². The van der Waals surface area contributed by atoms with Gasteiger partial charge in [-0.1, -0.05) is 30.3 Å². The summed E-state index contributed by atoms with van der Waals surface area (Å²) >= 11 is 1.42. The molecule has 0 atom stereocenters. The summed E-state index contributed by atoms with van der Waals surface area (Å²) in [4.78, 5) is 31.6. The Bertz CT molecular complexity index is 1520. The zero-order valence-electron chi connectivity index (χ0n) is 18.6. The van der Waals surface area contributed by atoms with Crippen LogP contribution in [-0.2, 0) is 26.1 Å². The molecule has 0 radical (unpaired) electrons. The van der Waals surface area contributed by atoms with Crippen LogP contribution < -0.4 is 10.9 Å². The fourth-order valence-corrected chi connectivity index (χ4v) is 6.22. The molecule has 11 heteroatoms. The molecule has 2 aromatic carbocycles. The molecule has 1 fully saturated rings. The molecule has 35 heavy (non-hydrogen) atoms. The summed E-state index contributed by atoms with van der Waals surface area (Å²) in [5.74, 6) is -0.421. The summed E-state index contributed by atoms with van der Waals surface area (Å²) in [5.41, 5.74) is 1.13. The number of ether oxygens (including phenoxy) is 1. The molecule has 1 saturated heterocycles. The van der Waals surface area contributed by atoms with Crippen LogP contribution in [0.4, 0.5) is 5.69 Å². The normalized spacial score (nSPS) is 14.7. The first-order valence-corrected chi connectivity index (χ1v) is 13.2. The van der Waals surface area contributed by atoms with E-state index in [0.29, 0.717) is 42.2 Å². The number of rotatable bonds is 6. The minimum absolute atomic E-state index is 0.148. The fourth-order valence-electron chi connectivity index (χ4n) is 3.82. The quantitative estimate of drug-likeness (QED) is 0.427. The van der Waals surface area contributed by atoms with E-state index in [2.05, 4.69) is 10.3 Å². The second-order valence-corrected chi connectivity index (χ2v) is 10.9. The Hall–Kier alpha value is -3.38. The molecule has 5 rings (SSSR count). The smallest absolute Gasteiger partial charge is 0.262 e. The molecule has 0 bridgehead atoms. The third-order valence-electron chi connectivity index (χ3n) is 5.64. The Morgan fingerprint density at radius 1 is 1.06 bits per heavy atom. The minimum atomic E-state index is -3.61. The van der Waals surface area contributed by atoms with E-state index < -0.39 is 15.9 Å². The lowest BCUT2D eigenvalue weighted by Gasteiger charge is -2.26. The van der Waals surface area contributed by atoms with Gasteiger partial charge in [0.1, 0.15) is 11.4 Å². The van der Waals surface area contributed by atoms with Gasteiger partial charge in [0, 0.05) is 23.7 Å². The second-order valence-electron chi connectivity index (χ2n) is 7.96. The van der Waals surface area contributed by atoms with Gasteiger partial charge in [-0.25, -0.2) is 13.4 Å². The molecule has 0 spiro atoms. The summed E-state index contributed by atoms with van der Waals surface area (Å²) < 4.78 is 33.3. The van der Waals surface area contributed by atoms with Gasteiger partial charge in [-0.05, 0) is 35.9 Å². The van der Waals surface area contributed by atoms with Crippen LogP contribution in [0.3, 0.4) is 0 Å². The molecule has 0 unspecified atom stereocenters. The van der Waals surface area contributed by atoms with Crippen molar-refractivity contribution < 1.29 is 17.9 Å². The molecule has 9 nitrogen and oxygen atoms in total. The number of hydrogen-bond donors (Lipinski definition) is 1. The molecule has 1 N–H and O–H groups in total. The van der Waals surface area contributed by atoms with Crippen LogP contribution in [0.25, 0.3) is 20.7 Å². The van der Waals surface area contributed by atoms with E-state index in [4.69, 9.17) is 4.74 Å². The summed E-state index contributed by atoms with van der Waals surface area (Å²) in [7, 11) is -3.61. The first-order valence-electron chi connectivity index (χ1n) is 10.9. The Kier molecular flexibility index (Phi) is 6.48. The van der Waals surface area contributed by atoms with Crippen LogP contribution in [0, 0.1) is 0 Å². The van der Waals surface area contributed by atoms with E-state index in [1.54, 1.807) is 6.07 Å². The first-order chi connectivity index (χ1) is 16.9. The van der Waals surface area contributed by atoms with Crippen molar-refractivity contribution in [1.82, 2.24) is 13.9 Å². The van der Waals surface area contributed by atoms with Crippen LogP contribution >= 0.6 is 11.3 Å². The van der Waals surface area contributed by atoms with E-state index in [1.807, 2.05) is 30.3 Å². The summed E-state index contributed by atoms with van der Waals surface area (Å²) in [6.07, 6.45) is 1.37. The molecule has 1 aliphatic rings. The molecule has 3 heterocycles. The Morgan fingerprint density at radius 2 is 1.77 bits per heavy atom. The van der Waals surface area contributed by atoms with Crippen molar-refractivity contribution in [1.29, 1.82) is 0 Å². The first kappa shape index (κ1) is 23.4. The van der Waals surface area contributed by atoms with Gasteiger partial charge in [0.25, 0.3) is 5.56 Å². The standard InChI is InChI=1S/C24H22N4O5S2/c29-22(26-18-6-8-19(9-7-18)35(31,32)28-10-12-33-13-11-28)15-27-16-25-23-20(24(27)30)14-21(34-23)17-4-2-1-3-5-17/h1-9,14,16H,10-13,15H2,(H,26,29). The topological polar surface area (TPSA) is 111 Å². The highest BCUT2D eigenvalue weighted by molar-refractivity contribution is 7.89. The zero-order valence-corrected chi connectivity index (χ0v) is 20.2. The monoisotopic (exact) mass is 510 g/mol. The lowest BCUT2D eigenvalue weighted by Crippen LogP contribution is -2.40. The maximum absolute atomic E-state index is 12.9. The predicted octanol–water partition coefficient (Wildman–Crippen LogP) is 2.78. The van der Waals surface area contributed by atoms with Crippen molar-refractivity contribution in [2.24, 2.45) is 0 Å². The molecule has 4 aromatic rings. The molecule has 180 valence electrons. The zero-order chi connectivity index (χ0) is 24.4. The summed E-state index contributed by atoms with van der Waals surface area (Å²) in [6.45, 7) is 1.14. The molecule has 0 aliphatic carbocycles. The highest BCUT2D eigenvalue weighted by Gasteiger charge is 2.26. The molecule has 1 amide bonds. The van der Waals surface area contributed by atoms with Gasteiger partial charge in [-0.3, -0.25) is 14.2 Å². The minimum Gasteiger partial charge on any atom is -0.379 e. The SMILES string of the molecule is O=C(Cn1cnc2sc(-c3ccccc3)cc2c1=O)Nc1ccc(S(=O)(=O)N2CCOCC2)cc1. The predicted molar refractivity (Wildman–Crippen MR) is 134 cm³/mol. The van der Waals surface area contributed by atoms with Crippen molar-refractivity contribution in [2.75, 3.05) is 31.6 Å². The van der Waals surface area contributed by atoms with Crippen LogP contribution in [0.1, 0.15) is 0 Å². The van der Waals surface area contributed by atoms with Gasteiger partial charge >= 0.3 is 0 Å². The van der Waals surface area contributed by atoms with E-state index >= 15 is 0 Å². The lowest BCUT2D eigenvalue weighted by atomic mass is 10.2. The molecule has 2 aromatic heterocycles. The summed E-state index contributed by atoms with van der Waals surface area (Å²) in [6, 6.07) is 17.5. The van der Waals surface area contributed by atoms with Gasteiger partial charge in [0.2, 0.25) is 15.9 Å². The molecule has 0 saturated carbocycles. The number of anilines is 1. The number of carbonyl (C=O) groups excluding carboxylic acids is 1. The number of hydrogen-bond acceptors (Lipinski definition) is 7. The third-order valence-corrected chi connectivity index (χ3v) is 8.64. The number of benzene rings is 2. The highest BCUT2D eigenvalue weighted by atomic mass is 32.2. The Labute approximate surface area is 205 Å². The van der Waals surface area contributed by atoms with Crippen LogP contribution in [-0.4, -0.2) is 54.5 Å². The number of amides is 1. The number of fused-ring (bicyclic) bond motifs is 1. The second kappa shape index (κ2) is 9.70. The van der Waals surface area contributed by atoms with Gasteiger partial charge in [0.05, 0.1) is 29.8 Å². The maximum atomic E-state index is 12.9. The number of nitrogens with one attached hydrogen (secondary N) is 1. The molecule has 1 aliphatic heterocycles. The third kappa shape index (κ3) is 4.89. The Morgan fingerprint density at radius 3 is 2.49 bits per heavy atom. The van der Waals surface area contributed by atoms with Crippen LogP contribution in [0.2, 0.25) is 0 Å². The van der Waals surface area contributed by atoms with Crippen molar-refractivity contribution >= 4 is 43.2 Å². The average molecular weight is 511 g/mol. The number of aromatic nitrogens is 2. The number of carbonyl (C=O) groups is 1. The number of sulfonamides is 1. The van der Waals surface area contributed by atoms with Crippen molar-refractivity contribution in [3.63, 3.8) is 0 Å². The maximum Gasteiger partial charge on any atom is 0.262 e. The van der Waals surface area contributed by atoms with Gasteiger partial charge in [0.15, 0.2) is 0 Å². The number of thiophene rings is 1. The average Bonchev–Trinajstić information content (AvgIpc) is 3.33. The molecular weight excluding hydrogens is 488 g/mol. The van der Waals surface area contributed by atoms with Crippen LogP contribution in [0.15, 0.2) is 76.7 Å². The van der Waals surface area contributed by atoms with Gasteiger partial charge < -0.3 is 10.1 Å². The fraction of sp³-hybridized carbons (Fsp3) is 0.208.